The van der Waals surface area contributed by atoms with Gasteiger partial charge in [0, 0.05) is 0 Å². The molecule has 1 aliphatic rings. The van der Waals surface area contributed by atoms with Gasteiger partial charge in [0.25, 0.3) is 0 Å². The van der Waals surface area contributed by atoms with Crippen molar-refractivity contribution in [3.8, 4) is 0 Å². The fourth-order valence-corrected chi connectivity index (χ4v) is 1.84. The molecule has 1 fully saturated rings. The maximum atomic E-state index is 2.52. The first-order valence-corrected chi connectivity index (χ1v) is 5.23. The zero-order valence-corrected chi connectivity index (χ0v) is 7.81. The van der Waals surface area contributed by atoms with Crippen LogP contribution in [0.2, 0.25) is 0 Å². The Morgan fingerprint density at radius 2 is 1.55 bits per heavy atom. The molecule has 0 aromatic carbocycles. The lowest BCUT2D eigenvalue weighted by Gasteiger charge is -2.12. The summed E-state index contributed by atoms with van der Waals surface area (Å²) in [6, 6.07) is 0. The molecule has 0 N–H and O–H groups in total. The lowest BCUT2D eigenvalue weighted by atomic mass is 9.94. The lowest BCUT2D eigenvalue weighted by molar-refractivity contribution is 0.483. The molecule has 1 rings (SSSR count). The average molecular weight is 153 g/mol. The van der Waals surface area contributed by atoms with Crippen LogP contribution in [0.5, 0.6) is 0 Å². The summed E-state index contributed by atoms with van der Waals surface area (Å²) in [7, 11) is 0. The minimum atomic E-state index is 0.882. The highest BCUT2D eigenvalue weighted by Crippen LogP contribution is 2.19. The van der Waals surface area contributed by atoms with Crippen LogP contribution in [-0.4, -0.2) is 0 Å². The van der Waals surface area contributed by atoms with E-state index < -0.39 is 0 Å². The van der Waals surface area contributed by atoms with Gasteiger partial charge in [-0.25, -0.2) is 0 Å². The second kappa shape index (κ2) is 5.62. The molecule has 0 spiro atoms. The topological polar surface area (TPSA) is 0 Å². The molecular formula is C11H21. The third-order valence-electron chi connectivity index (χ3n) is 2.68. The summed E-state index contributed by atoms with van der Waals surface area (Å²) in [5.74, 6) is 0.882. The molecule has 65 valence electrons. The Morgan fingerprint density at radius 3 is 2.36 bits per heavy atom. The van der Waals surface area contributed by atoms with Crippen molar-refractivity contribution in [2.75, 3.05) is 0 Å². The van der Waals surface area contributed by atoms with E-state index in [1.54, 1.807) is 0 Å². The van der Waals surface area contributed by atoms with E-state index in [1.807, 2.05) is 0 Å². The summed E-state index contributed by atoms with van der Waals surface area (Å²) in [5.41, 5.74) is 0. The van der Waals surface area contributed by atoms with Crippen molar-refractivity contribution in [2.24, 2.45) is 5.92 Å². The minimum absolute atomic E-state index is 0.882. The van der Waals surface area contributed by atoms with Crippen molar-refractivity contribution in [1.29, 1.82) is 0 Å². The first-order valence-electron chi connectivity index (χ1n) is 5.23. The van der Waals surface area contributed by atoms with E-state index >= 15 is 0 Å². The molecule has 0 heteroatoms. The van der Waals surface area contributed by atoms with Gasteiger partial charge < -0.3 is 0 Å². The van der Waals surface area contributed by atoms with E-state index in [9.17, 15) is 0 Å². The van der Waals surface area contributed by atoms with Crippen LogP contribution in [0.1, 0.15) is 58.3 Å². The molecule has 0 aromatic rings. The predicted octanol–water partition coefficient (Wildman–Crippen LogP) is 3.96. The van der Waals surface area contributed by atoms with E-state index in [4.69, 9.17) is 0 Å². The van der Waals surface area contributed by atoms with Gasteiger partial charge in [-0.1, -0.05) is 51.9 Å². The Balaban J connectivity index is 2.12. The molecule has 0 nitrogen and oxygen atoms in total. The summed E-state index contributed by atoms with van der Waals surface area (Å²) in [6.45, 7) is 2.36. The molecule has 11 heavy (non-hydrogen) atoms. The van der Waals surface area contributed by atoms with Crippen molar-refractivity contribution in [3.63, 3.8) is 0 Å². The van der Waals surface area contributed by atoms with Gasteiger partial charge >= 0.3 is 0 Å². The number of hydrogen-bond donors (Lipinski definition) is 0. The first kappa shape index (κ1) is 9.09. The van der Waals surface area contributed by atoms with Gasteiger partial charge in [-0.2, -0.15) is 0 Å². The largest absolute Gasteiger partial charge is 0.0622 e. The Labute approximate surface area is 71.4 Å². The van der Waals surface area contributed by atoms with Crippen LogP contribution in [0.4, 0.5) is 0 Å². The van der Waals surface area contributed by atoms with Crippen molar-refractivity contribution in [1.82, 2.24) is 0 Å². The highest BCUT2D eigenvalue weighted by atomic mass is 14.1. The Hall–Kier alpha value is 0. The normalized spacial score (nSPS) is 24.8. The predicted molar refractivity (Wildman–Crippen MR) is 50.4 cm³/mol. The van der Waals surface area contributed by atoms with Crippen LogP contribution in [0.15, 0.2) is 0 Å². The molecule has 0 aliphatic heterocycles. The van der Waals surface area contributed by atoms with Gasteiger partial charge in [-0.15, -0.1) is 0 Å². The van der Waals surface area contributed by atoms with E-state index in [1.165, 1.54) is 51.4 Å². The van der Waals surface area contributed by atoms with Crippen LogP contribution >= 0.6 is 0 Å². The van der Waals surface area contributed by atoms with E-state index in [-0.39, 0.29) is 0 Å². The summed E-state index contributed by atoms with van der Waals surface area (Å²) in [5, 5.41) is 0. The average Bonchev–Trinajstić information content (AvgIpc) is 2.03. The molecule has 1 radical (unpaired) electrons. The second-order valence-corrected chi connectivity index (χ2v) is 3.91. The van der Waals surface area contributed by atoms with Crippen LogP contribution in [0, 0.1) is 12.3 Å². The molecule has 0 saturated heterocycles. The van der Waals surface area contributed by atoms with Crippen molar-refractivity contribution < 1.29 is 0 Å². The maximum absolute atomic E-state index is 2.52. The summed E-state index contributed by atoms with van der Waals surface area (Å²) in [6.07, 6.45) is 14.1. The fraction of sp³-hybridized carbons (Fsp3) is 0.909. The standard InChI is InChI=1S/C11H21/c1-11-9-7-5-3-2-4-6-8-10-11/h9,11H,2-8,10H2,1H3. The van der Waals surface area contributed by atoms with Crippen molar-refractivity contribution >= 4 is 0 Å². The highest BCUT2D eigenvalue weighted by molar-refractivity contribution is 4.73. The number of hydrogen-bond acceptors (Lipinski definition) is 0. The maximum Gasteiger partial charge on any atom is -0.0358 e. The first-order chi connectivity index (χ1) is 5.39. The van der Waals surface area contributed by atoms with Crippen LogP contribution in [-0.2, 0) is 0 Å². The van der Waals surface area contributed by atoms with Gasteiger partial charge in [0.15, 0.2) is 0 Å². The molecular weight excluding hydrogens is 132 g/mol. The van der Waals surface area contributed by atoms with Crippen LogP contribution < -0.4 is 0 Å². The lowest BCUT2D eigenvalue weighted by Crippen LogP contribution is -1.97. The molecule has 1 saturated carbocycles. The molecule has 1 aliphatic carbocycles. The molecule has 1 atom stereocenters. The zero-order chi connectivity index (χ0) is 7.94. The summed E-state index contributed by atoms with van der Waals surface area (Å²) >= 11 is 0. The van der Waals surface area contributed by atoms with Crippen LogP contribution in [0.3, 0.4) is 0 Å². The fourth-order valence-electron chi connectivity index (χ4n) is 1.84. The smallest absolute Gasteiger partial charge is 0.0358 e. The zero-order valence-electron chi connectivity index (χ0n) is 7.81. The van der Waals surface area contributed by atoms with Crippen molar-refractivity contribution in [2.45, 2.75) is 58.3 Å². The third kappa shape index (κ3) is 4.44. The van der Waals surface area contributed by atoms with Crippen LogP contribution in [0.25, 0.3) is 0 Å². The van der Waals surface area contributed by atoms with Crippen molar-refractivity contribution in [3.05, 3.63) is 6.42 Å². The summed E-state index contributed by atoms with van der Waals surface area (Å²) in [4.78, 5) is 0. The minimum Gasteiger partial charge on any atom is -0.0622 e. The Bertz CT molecular complexity index is 76.0. The molecule has 1 unspecified atom stereocenters. The van der Waals surface area contributed by atoms with Gasteiger partial charge in [0.2, 0.25) is 0 Å². The van der Waals surface area contributed by atoms with E-state index in [2.05, 4.69) is 13.3 Å². The quantitative estimate of drug-likeness (QED) is 0.494. The summed E-state index contributed by atoms with van der Waals surface area (Å²) < 4.78 is 0. The van der Waals surface area contributed by atoms with Gasteiger partial charge in [-0.3, -0.25) is 0 Å². The molecule has 0 amide bonds. The highest BCUT2D eigenvalue weighted by Gasteiger charge is 2.03. The Kier molecular flexibility index (Phi) is 4.65. The van der Waals surface area contributed by atoms with Gasteiger partial charge in [0.1, 0.15) is 0 Å². The molecule has 0 bridgehead atoms. The second-order valence-electron chi connectivity index (χ2n) is 3.91. The Morgan fingerprint density at radius 1 is 0.909 bits per heavy atom. The number of rotatable bonds is 0. The van der Waals surface area contributed by atoms with E-state index in [0.29, 0.717) is 0 Å². The van der Waals surface area contributed by atoms with Gasteiger partial charge in [-0.05, 0) is 18.8 Å². The van der Waals surface area contributed by atoms with Gasteiger partial charge in [0.05, 0.1) is 0 Å². The SMILES string of the molecule is CC1[CH]CCCCCCCC1. The third-order valence-corrected chi connectivity index (χ3v) is 2.68. The molecule has 0 heterocycles. The monoisotopic (exact) mass is 153 g/mol. The van der Waals surface area contributed by atoms with E-state index in [0.717, 1.165) is 5.92 Å². The molecule has 0 aromatic heterocycles.